The first-order valence-corrected chi connectivity index (χ1v) is 6.64. The summed E-state index contributed by atoms with van der Waals surface area (Å²) in [5.41, 5.74) is 3.18. The molecule has 1 aromatic heterocycles. The average Bonchev–Trinajstić information content (AvgIpc) is 3.00. The first kappa shape index (κ1) is 12.4. The van der Waals surface area contributed by atoms with Crippen LogP contribution < -0.4 is 0 Å². The topological polar surface area (TPSA) is 49.5 Å². The first-order chi connectivity index (χ1) is 9.20. The zero-order chi connectivity index (χ0) is 13.2. The SMILES string of the molecule is Cc1ccc(-c2cc(CN3CCC(O)C3)on2)cc1. The average molecular weight is 258 g/mol. The summed E-state index contributed by atoms with van der Waals surface area (Å²) in [6, 6.07) is 10.2. The molecule has 0 spiro atoms. The van der Waals surface area contributed by atoms with E-state index < -0.39 is 0 Å². The van der Waals surface area contributed by atoms with E-state index in [4.69, 9.17) is 4.52 Å². The van der Waals surface area contributed by atoms with E-state index in [9.17, 15) is 5.11 Å². The van der Waals surface area contributed by atoms with Crippen LogP contribution in [0.1, 0.15) is 17.7 Å². The van der Waals surface area contributed by atoms with Crippen LogP contribution in [0.4, 0.5) is 0 Å². The van der Waals surface area contributed by atoms with Crippen molar-refractivity contribution in [2.75, 3.05) is 13.1 Å². The smallest absolute Gasteiger partial charge is 0.151 e. The van der Waals surface area contributed by atoms with Crippen molar-refractivity contribution in [1.82, 2.24) is 10.1 Å². The quantitative estimate of drug-likeness (QED) is 0.917. The van der Waals surface area contributed by atoms with E-state index in [1.54, 1.807) is 0 Å². The lowest BCUT2D eigenvalue weighted by Gasteiger charge is -2.11. The van der Waals surface area contributed by atoms with E-state index in [0.717, 1.165) is 43.1 Å². The Labute approximate surface area is 112 Å². The number of nitrogens with zero attached hydrogens (tertiary/aromatic N) is 2. The number of rotatable bonds is 3. The van der Waals surface area contributed by atoms with Crippen molar-refractivity contribution in [3.8, 4) is 11.3 Å². The molecule has 2 aromatic rings. The van der Waals surface area contributed by atoms with Crippen molar-refractivity contribution in [3.05, 3.63) is 41.7 Å². The number of likely N-dealkylation sites (tertiary alicyclic amines) is 1. The van der Waals surface area contributed by atoms with Gasteiger partial charge in [0.1, 0.15) is 5.69 Å². The van der Waals surface area contributed by atoms with Gasteiger partial charge in [-0.3, -0.25) is 4.90 Å². The predicted molar refractivity (Wildman–Crippen MR) is 72.6 cm³/mol. The lowest BCUT2D eigenvalue weighted by molar-refractivity contribution is 0.170. The van der Waals surface area contributed by atoms with Crippen LogP contribution in [0.2, 0.25) is 0 Å². The number of hydrogen-bond donors (Lipinski definition) is 1. The highest BCUT2D eigenvalue weighted by Gasteiger charge is 2.21. The van der Waals surface area contributed by atoms with Crippen LogP contribution in [0.5, 0.6) is 0 Å². The summed E-state index contributed by atoms with van der Waals surface area (Å²) in [6.45, 7) is 4.43. The van der Waals surface area contributed by atoms with Gasteiger partial charge in [-0.25, -0.2) is 0 Å². The molecular weight excluding hydrogens is 240 g/mol. The summed E-state index contributed by atoms with van der Waals surface area (Å²) in [4.78, 5) is 2.18. The second-order valence-electron chi connectivity index (χ2n) is 5.22. The number of aromatic nitrogens is 1. The standard InChI is InChI=1S/C15H18N2O2/c1-11-2-4-12(5-3-11)15-8-14(19-16-15)10-17-7-6-13(18)9-17/h2-5,8,13,18H,6-7,9-10H2,1H3. The molecule has 1 fully saturated rings. The normalized spacial score (nSPS) is 20.0. The maximum atomic E-state index is 9.50. The number of benzene rings is 1. The molecule has 0 bridgehead atoms. The minimum Gasteiger partial charge on any atom is -0.392 e. The Morgan fingerprint density at radius 3 is 2.84 bits per heavy atom. The molecule has 1 aliphatic heterocycles. The Morgan fingerprint density at radius 1 is 1.37 bits per heavy atom. The minimum absolute atomic E-state index is 0.195. The number of β-amino-alcohol motifs (C(OH)–C–C–N with tert-alkyl or cyclic N) is 1. The van der Waals surface area contributed by atoms with Gasteiger partial charge in [0.2, 0.25) is 0 Å². The van der Waals surface area contributed by atoms with Gasteiger partial charge in [-0.05, 0) is 13.3 Å². The van der Waals surface area contributed by atoms with Crippen LogP contribution in [0.3, 0.4) is 0 Å². The Balaban J connectivity index is 1.71. The molecule has 0 amide bonds. The third-order valence-corrected chi connectivity index (χ3v) is 3.53. The van der Waals surface area contributed by atoms with Gasteiger partial charge in [0.25, 0.3) is 0 Å². The zero-order valence-electron chi connectivity index (χ0n) is 11.0. The number of aliphatic hydroxyl groups excluding tert-OH is 1. The van der Waals surface area contributed by atoms with Crippen molar-refractivity contribution in [3.63, 3.8) is 0 Å². The molecule has 3 rings (SSSR count). The highest BCUT2D eigenvalue weighted by molar-refractivity contribution is 5.59. The highest BCUT2D eigenvalue weighted by atomic mass is 16.5. The summed E-state index contributed by atoms with van der Waals surface area (Å²) >= 11 is 0. The molecular formula is C15H18N2O2. The molecule has 4 heteroatoms. The van der Waals surface area contributed by atoms with Gasteiger partial charge in [0, 0.05) is 24.7 Å². The van der Waals surface area contributed by atoms with Crippen LogP contribution in [0.15, 0.2) is 34.9 Å². The summed E-state index contributed by atoms with van der Waals surface area (Å²) in [7, 11) is 0. The molecule has 4 nitrogen and oxygen atoms in total. The van der Waals surface area contributed by atoms with Crippen LogP contribution in [-0.2, 0) is 6.54 Å². The molecule has 2 heterocycles. The van der Waals surface area contributed by atoms with E-state index in [1.165, 1.54) is 5.56 Å². The fourth-order valence-electron chi connectivity index (χ4n) is 2.42. The molecule has 0 aliphatic carbocycles. The molecule has 1 aliphatic rings. The summed E-state index contributed by atoms with van der Waals surface area (Å²) in [5.74, 6) is 0.852. The lowest BCUT2D eigenvalue weighted by Crippen LogP contribution is -2.21. The van der Waals surface area contributed by atoms with E-state index in [-0.39, 0.29) is 6.10 Å². The summed E-state index contributed by atoms with van der Waals surface area (Å²) < 4.78 is 5.37. The number of hydrogen-bond acceptors (Lipinski definition) is 4. The lowest BCUT2D eigenvalue weighted by atomic mass is 10.1. The van der Waals surface area contributed by atoms with E-state index in [1.807, 2.05) is 6.07 Å². The van der Waals surface area contributed by atoms with Gasteiger partial charge >= 0.3 is 0 Å². The molecule has 0 radical (unpaired) electrons. The predicted octanol–water partition coefficient (Wildman–Crippen LogP) is 2.22. The van der Waals surface area contributed by atoms with E-state index in [0.29, 0.717) is 0 Å². The Morgan fingerprint density at radius 2 is 2.16 bits per heavy atom. The van der Waals surface area contributed by atoms with Crippen LogP contribution in [0, 0.1) is 6.92 Å². The third kappa shape index (κ3) is 2.85. The molecule has 19 heavy (non-hydrogen) atoms. The molecule has 1 atom stereocenters. The van der Waals surface area contributed by atoms with Crippen molar-refractivity contribution < 1.29 is 9.63 Å². The van der Waals surface area contributed by atoms with Crippen molar-refractivity contribution >= 4 is 0 Å². The van der Waals surface area contributed by atoms with Crippen molar-refractivity contribution in [2.45, 2.75) is 26.0 Å². The van der Waals surface area contributed by atoms with Gasteiger partial charge in [-0.15, -0.1) is 0 Å². The molecule has 1 saturated heterocycles. The monoisotopic (exact) mass is 258 g/mol. The minimum atomic E-state index is -0.195. The van der Waals surface area contributed by atoms with Crippen LogP contribution >= 0.6 is 0 Å². The second-order valence-corrected chi connectivity index (χ2v) is 5.22. The van der Waals surface area contributed by atoms with Crippen LogP contribution in [0.25, 0.3) is 11.3 Å². The first-order valence-electron chi connectivity index (χ1n) is 6.64. The second kappa shape index (κ2) is 5.15. The Kier molecular flexibility index (Phi) is 3.36. The van der Waals surface area contributed by atoms with Crippen LogP contribution in [-0.4, -0.2) is 34.4 Å². The molecule has 1 aromatic carbocycles. The summed E-state index contributed by atoms with van der Waals surface area (Å²) in [6.07, 6.45) is 0.651. The molecule has 1 N–H and O–H groups in total. The molecule has 0 saturated carbocycles. The van der Waals surface area contributed by atoms with E-state index >= 15 is 0 Å². The number of aliphatic hydroxyl groups is 1. The van der Waals surface area contributed by atoms with Gasteiger partial charge in [-0.2, -0.15) is 0 Å². The summed E-state index contributed by atoms with van der Waals surface area (Å²) in [5, 5.41) is 13.6. The maximum Gasteiger partial charge on any atom is 0.151 e. The van der Waals surface area contributed by atoms with Gasteiger partial charge in [-0.1, -0.05) is 35.0 Å². The third-order valence-electron chi connectivity index (χ3n) is 3.53. The Bertz CT molecular complexity index is 548. The zero-order valence-corrected chi connectivity index (χ0v) is 11.0. The van der Waals surface area contributed by atoms with Gasteiger partial charge in [0.15, 0.2) is 5.76 Å². The molecule has 1 unspecified atom stereocenters. The van der Waals surface area contributed by atoms with Crippen molar-refractivity contribution in [2.24, 2.45) is 0 Å². The fraction of sp³-hybridized carbons (Fsp3) is 0.400. The molecule has 100 valence electrons. The fourth-order valence-corrected chi connectivity index (χ4v) is 2.42. The Hall–Kier alpha value is -1.65. The highest BCUT2D eigenvalue weighted by Crippen LogP contribution is 2.21. The van der Waals surface area contributed by atoms with Gasteiger partial charge < -0.3 is 9.63 Å². The van der Waals surface area contributed by atoms with E-state index in [2.05, 4.69) is 41.2 Å². The van der Waals surface area contributed by atoms with Gasteiger partial charge in [0.05, 0.1) is 12.6 Å². The maximum absolute atomic E-state index is 9.50. The number of aryl methyl sites for hydroxylation is 1. The van der Waals surface area contributed by atoms with Crippen molar-refractivity contribution in [1.29, 1.82) is 0 Å². The largest absolute Gasteiger partial charge is 0.392 e.